The van der Waals surface area contributed by atoms with Crippen molar-refractivity contribution >= 4 is 29.9 Å². The molecule has 0 saturated heterocycles. The van der Waals surface area contributed by atoms with Crippen LogP contribution in [0, 0.1) is 0 Å². The zero-order chi connectivity index (χ0) is 12.9. The smallest absolute Gasteiger partial charge is 0.193 e. The molecule has 0 aromatic rings. The monoisotopic (exact) mass is 367 g/mol. The van der Waals surface area contributed by atoms with Gasteiger partial charge in [0.25, 0.3) is 0 Å². The predicted octanol–water partition coefficient (Wildman–Crippen LogP) is 3.66. The summed E-state index contributed by atoms with van der Waals surface area (Å²) in [6.07, 6.45) is 7.88. The number of allylic oxidation sites excluding steroid dienone is 1. The van der Waals surface area contributed by atoms with Crippen molar-refractivity contribution in [3.63, 3.8) is 0 Å². The van der Waals surface area contributed by atoms with Crippen molar-refractivity contribution in [3.8, 4) is 0 Å². The Bertz CT molecular complexity index is 217. The molecule has 3 nitrogen and oxygen atoms in total. The van der Waals surface area contributed by atoms with Crippen molar-refractivity contribution in [2.45, 2.75) is 46.0 Å². The van der Waals surface area contributed by atoms with Gasteiger partial charge in [0, 0.05) is 26.7 Å². The van der Waals surface area contributed by atoms with Crippen molar-refractivity contribution in [2.75, 3.05) is 26.7 Å². The summed E-state index contributed by atoms with van der Waals surface area (Å²) in [7, 11) is 2.10. The van der Waals surface area contributed by atoms with Crippen LogP contribution in [-0.2, 0) is 0 Å². The summed E-state index contributed by atoms with van der Waals surface area (Å²) in [6, 6.07) is 0. The summed E-state index contributed by atoms with van der Waals surface area (Å²) >= 11 is 0. The number of hydrogen-bond acceptors (Lipinski definition) is 1. The van der Waals surface area contributed by atoms with Gasteiger partial charge in [-0.1, -0.05) is 25.8 Å². The van der Waals surface area contributed by atoms with Gasteiger partial charge in [-0.15, -0.1) is 30.6 Å². The molecule has 0 amide bonds. The van der Waals surface area contributed by atoms with Crippen LogP contribution in [0.3, 0.4) is 0 Å². The highest BCUT2D eigenvalue weighted by Crippen LogP contribution is 1.97. The first-order chi connectivity index (χ1) is 8.26. The van der Waals surface area contributed by atoms with Gasteiger partial charge in [-0.25, -0.2) is 0 Å². The fourth-order valence-electron chi connectivity index (χ4n) is 1.60. The molecule has 0 atom stereocenters. The number of aliphatic imine (C=N–C) groups is 1. The highest BCUT2D eigenvalue weighted by atomic mass is 127. The Kier molecular flexibility index (Phi) is 16.5. The van der Waals surface area contributed by atoms with E-state index < -0.39 is 0 Å². The van der Waals surface area contributed by atoms with Crippen LogP contribution in [0.15, 0.2) is 17.6 Å². The number of guanidine groups is 1. The molecule has 0 radical (unpaired) electrons. The fourth-order valence-corrected chi connectivity index (χ4v) is 1.60. The lowest BCUT2D eigenvalue weighted by Crippen LogP contribution is -2.39. The Morgan fingerprint density at radius 3 is 2.56 bits per heavy atom. The molecule has 0 rings (SSSR count). The molecule has 0 aliphatic heterocycles. The van der Waals surface area contributed by atoms with Gasteiger partial charge < -0.3 is 10.2 Å². The zero-order valence-electron chi connectivity index (χ0n) is 12.2. The Labute approximate surface area is 130 Å². The molecule has 0 aromatic carbocycles. The van der Waals surface area contributed by atoms with E-state index in [1.807, 2.05) is 6.08 Å². The number of unbranched alkanes of at least 4 members (excludes halogenated alkanes) is 3. The van der Waals surface area contributed by atoms with Gasteiger partial charge in [-0.05, 0) is 26.2 Å². The predicted molar refractivity (Wildman–Crippen MR) is 93.0 cm³/mol. The number of rotatable bonds is 9. The van der Waals surface area contributed by atoms with E-state index in [2.05, 4.69) is 42.7 Å². The SMILES string of the molecule is C=CCCCN(C)C(=NCCCCC)NCC.I. The second-order valence-electron chi connectivity index (χ2n) is 4.30. The molecule has 0 saturated carbocycles. The van der Waals surface area contributed by atoms with Crippen LogP contribution in [0.1, 0.15) is 46.0 Å². The van der Waals surface area contributed by atoms with Crippen molar-refractivity contribution in [3.05, 3.63) is 12.7 Å². The average Bonchev–Trinajstić information content (AvgIpc) is 2.33. The van der Waals surface area contributed by atoms with E-state index >= 15 is 0 Å². The van der Waals surface area contributed by atoms with E-state index in [-0.39, 0.29) is 24.0 Å². The molecule has 1 N–H and O–H groups in total. The molecule has 0 heterocycles. The molecule has 108 valence electrons. The number of nitrogens with zero attached hydrogens (tertiary/aromatic N) is 2. The van der Waals surface area contributed by atoms with Crippen LogP contribution < -0.4 is 5.32 Å². The molecule has 0 bridgehead atoms. The second kappa shape index (κ2) is 14.8. The Morgan fingerprint density at radius 2 is 2.00 bits per heavy atom. The quantitative estimate of drug-likeness (QED) is 0.221. The van der Waals surface area contributed by atoms with Gasteiger partial charge in [-0.3, -0.25) is 4.99 Å². The molecule has 0 aliphatic rings. The molecule has 0 fully saturated rings. The van der Waals surface area contributed by atoms with Crippen molar-refractivity contribution < 1.29 is 0 Å². The molecule has 0 unspecified atom stereocenters. The third-order valence-electron chi connectivity index (χ3n) is 2.62. The van der Waals surface area contributed by atoms with Crippen LogP contribution in [0.4, 0.5) is 0 Å². The Balaban J connectivity index is 0. The summed E-state index contributed by atoms with van der Waals surface area (Å²) < 4.78 is 0. The third kappa shape index (κ3) is 10.9. The Hall–Kier alpha value is -0.260. The molecular weight excluding hydrogens is 337 g/mol. The fraction of sp³-hybridized carbons (Fsp3) is 0.786. The summed E-state index contributed by atoms with van der Waals surface area (Å²) in [6.45, 7) is 11.0. The van der Waals surface area contributed by atoms with Crippen LogP contribution in [0.2, 0.25) is 0 Å². The van der Waals surface area contributed by atoms with Gasteiger partial charge in [-0.2, -0.15) is 0 Å². The lowest BCUT2D eigenvalue weighted by molar-refractivity contribution is 0.469. The molecule has 0 aliphatic carbocycles. The minimum Gasteiger partial charge on any atom is -0.357 e. The first kappa shape index (κ1) is 20.1. The van der Waals surface area contributed by atoms with E-state index in [1.54, 1.807) is 0 Å². The topological polar surface area (TPSA) is 27.6 Å². The maximum absolute atomic E-state index is 4.64. The lowest BCUT2D eigenvalue weighted by atomic mass is 10.2. The van der Waals surface area contributed by atoms with Gasteiger partial charge in [0.05, 0.1) is 0 Å². The molecule has 0 aromatic heterocycles. The molecule has 18 heavy (non-hydrogen) atoms. The number of hydrogen-bond donors (Lipinski definition) is 1. The number of nitrogens with one attached hydrogen (secondary N) is 1. The summed E-state index contributed by atoms with van der Waals surface area (Å²) in [5.41, 5.74) is 0. The van der Waals surface area contributed by atoms with Crippen molar-refractivity contribution in [1.29, 1.82) is 0 Å². The largest absolute Gasteiger partial charge is 0.357 e. The number of halogens is 1. The van der Waals surface area contributed by atoms with Gasteiger partial charge in [0.1, 0.15) is 0 Å². The first-order valence-corrected chi connectivity index (χ1v) is 6.86. The third-order valence-corrected chi connectivity index (χ3v) is 2.62. The van der Waals surface area contributed by atoms with Crippen LogP contribution in [0.25, 0.3) is 0 Å². The van der Waals surface area contributed by atoms with Crippen molar-refractivity contribution in [1.82, 2.24) is 10.2 Å². The van der Waals surface area contributed by atoms with Gasteiger partial charge >= 0.3 is 0 Å². The molecular formula is C14H30IN3. The van der Waals surface area contributed by atoms with E-state index in [9.17, 15) is 0 Å². The molecule has 0 spiro atoms. The normalized spacial score (nSPS) is 10.7. The molecule has 4 heteroatoms. The van der Waals surface area contributed by atoms with Gasteiger partial charge in [0.15, 0.2) is 5.96 Å². The minimum absolute atomic E-state index is 0. The van der Waals surface area contributed by atoms with E-state index in [0.29, 0.717) is 0 Å². The van der Waals surface area contributed by atoms with Crippen LogP contribution in [0.5, 0.6) is 0 Å². The van der Waals surface area contributed by atoms with E-state index in [0.717, 1.165) is 38.4 Å². The van der Waals surface area contributed by atoms with Crippen molar-refractivity contribution in [2.24, 2.45) is 4.99 Å². The zero-order valence-corrected chi connectivity index (χ0v) is 14.6. The highest BCUT2D eigenvalue weighted by Gasteiger charge is 2.03. The summed E-state index contributed by atoms with van der Waals surface area (Å²) in [4.78, 5) is 6.84. The van der Waals surface area contributed by atoms with Crippen LogP contribution in [-0.4, -0.2) is 37.5 Å². The van der Waals surface area contributed by atoms with Crippen LogP contribution >= 0.6 is 24.0 Å². The minimum atomic E-state index is 0. The maximum atomic E-state index is 4.64. The maximum Gasteiger partial charge on any atom is 0.193 e. The summed E-state index contributed by atoms with van der Waals surface area (Å²) in [5, 5.41) is 3.34. The van der Waals surface area contributed by atoms with E-state index in [4.69, 9.17) is 0 Å². The highest BCUT2D eigenvalue weighted by molar-refractivity contribution is 14.0. The standard InChI is InChI=1S/C14H29N3.HI/c1-5-8-10-12-16-14(15-7-3)17(4)13-11-9-6-2;/h6H,2,5,7-13H2,1,3-4H3,(H,15,16);1H. The second-order valence-corrected chi connectivity index (χ2v) is 4.30. The summed E-state index contributed by atoms with van der Waals surface area (Å²) in [5.74, 6) is 1.03. The first-order valence-electron chi connectivity index (χ1n) is 6.86. The lowest BCUT2D eigenvalue weighted by Gasteiger charge is -2.21. The average molecular weight is 367 g/mol. The van der Waals surface area contributed by atoms with E-state index in [1.165, 1.54) is 19.3 Å². The van der Waals surface area contributed by atoms with Gasteiger partial charge in [0.2, 0.25) is 0 Å². The Morgan fingerprint density at radius 1 is 1.28 bits per heavy atom.